The standard InChI is InChI=1S/C15H17NO2/c1-9(2)16-15(18)11-7-13-10(3)5-4-6-12(13)14(17)8-11/h4-9,17H,1-3H3,(H,16,18). The van der Waals surface area contributed by atoms with E-state index in [1.807, 2.05) is 45.0 Å². The summed E-state index contributed by atoms with van der Waals surface area (Å²) >= 11 is 0. The van der Waals surface area contributed by atoms with Crippen molar-refractivity contribution in [2.45, 2.75) is 26.8 Å². The van der Waals surface area contributed by atoms with Gasteiger partial charge in [0, 0.05) is 17.0 Å². The SMILES string of the molecule is Cc1cccc2c(O)cc(C(=O)NC(C)C)cc12. The van der Waals surface area contributed by atoms with Crippen molar-refractivity contribution in [3.05, 3.63) is 41.5 Å². The zero-order valence-electron chi connectivity index (χ0n) is 10.8. The molecule has 0 saturated heterocycles. The second-order valence-corrected chi connectivity index (χ2v) is 4.79. The van der Waals surface area contributed by atoms with Crippen LogP contribution >= 0.6 is 0 Å². The Morgan fingerprint density at radius 2 is 1.94 bits per heavy atom. The van der Waals surface area contributed by atoms with Crippen molar-refractivity contribution in [1.82, 2.24) is 5.32 Å². The van der Waals surface area contributed by atoms with Crippen LogP contribution in [0.15, 0.2) is 30.3 Å². The van der Waals surface area contributed by atoms with Gasteiger partial charge in [0.2, 0.25) is 0 Å². The molecule has 2 N–H and O–H groups in total. The Morgan fingerprint density at radius 1 is 1.22 bits per heavy atom. The molecule has 0 fully saturated rings. The second kappa shape index (κ2) is 4.69. The molecule has 0 aliphatic carbocycles. The Kier molecular flexibility index (Phi) is 3.24. The third-order valence-electron chi connectivity index (χ3n) is 2.87. The lowest BCUT2D eigenvalue weighted by atomic mass is 10.0. The molecule has 0 spiro atoms. The molecule has 3 heteroatoms. The van der Waals surface area contributed by atoms with E-state index in [1.54, 1.807) is 0 Å². The van der Waals surface area contributed by atoms with Gasteiger partial charge in [0.25, 0.3) is 5.91 Å². The van der Waals surface area contributed by atoms with Gasteiger partial charge in [-0.05, 0) is 43.9 Å². The summed E-state index contributed by atoms with van der Waals surface area (Å²) in [5, 5.41) is 14.5. The van der Waals surface area contributed by atoms with E-state index in [1.165, 1.54) is 6.07 Å². The van der Waals surface area contributed by atoms with Crippen molar-refractivity contribution in [1.29, 1.82) is 0 Å². The van der Waals surface area contributed by atoms with Crippen LogP contribution in [-0.2, 0) is 0 Å². The fourth-order valence-corrected chi connectivity index (χ4v) is 1.99. The van der Waals surface area contributed by atoms with Gasteiger partial charge in [-0.2, -0.15) is 0 Å². The molecular formula is C15H17NO2. The van der Waals surface area contributed by atoms with Gasteiger partial charge in [0.05, 0.1) is 0 Å². The minimum atomic E-state index is -0.162. The fraction of sp³-hybridized carbons (Fsp3) is 0.267. The maximum atomic E-state index is 11.9. The number of hydrogen-bond acceptors (Lipinski definition) is 2. The third-order valence-corrected chi connectivity index (χ3v) is 2.87. The van der Waals surface area contributed by atoms with Crippen LogP contribution in [0, 0.1) is 6.92 Å². The van der Waals surface area contributed by atoms with Gasteiger partial charge in [-0.25, -0.2) is 0 Å². The van der Waals surface area contributed by atoms with Crippen LogP contribution in [0.25, 0.3) is 10.8 Å². The number of aryl methyl sites for hydroxylation is 1. The Hall–Kier alpha value is -2.03. The molecular weight excluding hydrogens is 226 g/mol. The lowest BCUT2D eigenvalue weighted by Gasteiger charge is -2.11. The van der Waals surface area contributed by atoms with Crippen LogP contribution in [0.1, 0.15) is 29.8 Å². The minimum Gasteiger partial charge on any atom is -0.507 e. The Morgan fingerprint density at radius 3 is 2.61 bits per heavy atom. The zero-order valence-corrected chi connectivity index (χ0v) is 10.8. The third kappa shape index (κ3) is 2.30. The molecule has 2 aromatic carbocycles. The number of nitrogens with one attached hydrogen (secondary N) is 1. The number of aromatic hydroxyl groups is 1. The number of carbonyl (C=O) groups excluding carboxylic acids is 1. The quantitative estimate of drug-likeness (QED) is 0.851. The van der Waals surface area contributed by atoms with Crippen molar-refractivity contribution >= 4 is 16.7 Å². The number of phenols is 1. The molecule has 0 radical (unpaired) electrons. The highest BCUT2D eigenvalue weighted by molar-refractivity contribution is 6.01. The molecule has 0 heterocycles. The van der Waals surface area contributed by atoms with Crippen LogP contribution in [0.4, 0.5) is 0 Å². The molecule has 3 nitrogen and oxygen atoms in total. The first-order valence-electron chi connectivity index (χ1n) is 6.02. The first kappa shape index (κ1) is 12.4. The molecule has 18 heavy (non-hydrogen) atoms. The van der Waals surface area contributed by atoms with Crippen LogP contribution in [0.3, 0.4) is 0 Å². The smallest absolute Gasteiger partial charge is 0.251 e. The first-order chi connectivity index (χ1) is 8.49. The molecule has 0 atom stereocenters. The monoisotopic (exact) mass is 243 g/mol. The number of fused-ring (bicyclic) bond motifs is 1. The topological polar surface area (TPSA) is 49.3 Å². The molecule has 94 valence electrons. The van der Waals surface area contributed by atoms with Crippen molar-refractivity contribution in [2.75, 3.05) is 0 Å². The number of benzene rings is 2. The average molecular weight is 243 g/mol. The average Bonchev–Trinajstić information content (AvgIpc) is 2.29. The van der Waals surface area contributed by atoms with Gasteiger partial charge in [-0.1, -0.05) is 18.2 Å². The summed E-state index contributed by atoms with van der Waals surface area (Å²) in [5.74, 6) is -0.0180. The number of carbonyl (C=O) groups is 1. The second-order valence-electron chi connectivity index (χ2n) is 4.79. The van der Waals surface area contributed by atoms with Crippen LogP contribution < -0.4 is 5.32 Å². The molecule has 2 aromatic rings. The molecule has 0 aromatic heterocycles. The summed E-state index contributed by atoms with van der Waals surface area (Å²) in [6.45, 7) is 5.78. The normalized spacial score (nSPS) is 10.9. The lowest BCUT2D eigenvalue weighted by Crippen LogP contribution is -2.30. The predicted molar refractivity (Wildman–Crippen MR) is 73.0 cm³/mol. The molecule has 0 aliphatic rings. The number of amides is 1. The first-order valence-corrected chi connectivity index (χ1v) is 6.02. The highest BCUT2D eigenvalue weighted by Gasteiger charge is 2.11. The fourth-order valence-electron chi connectivity index (χ4n) is 1.99. The molecule has 2 rings (SSSR count). The Balaban J connectivity index is 2.55. The molecule has 1 amide bonds. The van der Waals surface area contributed by atoms with Crippen molar-refractivity contribution < 1.29 is 9.90 Å². The molecule has 0 aliphatic heterocycles. The van der Waals surface area contributed by atoms with E-state index in [4.69, 9.17) is 0 Å². The summed E-state index contributed by atoms with van der Waals surface area (Å²) in [4.78, 5) is 11.9. The highest BCUT2D eigenvalue weighted by Crippen LogP contribution is 2.28. The van der Waals surface area contributed by atoms with Crippen LogP contribution in [-0.4, -0.2) is 17.1 Å². The van der Waals surface area contributed by atoms with E-state index >= 15 is 0 Å². The number of phenolic OH excluding ortho intramolecular Hbond substituents is 1. The van der Waals surface area contributed by atoms with E-state index < -0.39 is 0 Å². The molecule has 0 bridgehead atoms. The van der Waals surface area contributed by atoms with Crippen molar-refractivity contribution in [3.8, 4) is 5.75 Å². The minimum absolute atomic E-state index is 0.0761. The molecule has 0 saturated carbocycles. The van der Waals surface area contributed by atoms with E-state index in [2.05, 4.69) is 5.32 Å². The van der Waals surface area contributed by atoms with Gasteiger partial charge in [-0.15, -0.1) is 0 Å². The maximum Gasteiger partial charge on any atom is 0.251 e. The Bertz CT molecular complexity index is 603. The van der Waals surface area contributed by atoms with E-state index in [-0.39, 0.29) is 17.7 Å². The van der Waals surface area contributed by atoms with Gasteiger partial charge in [0.15, 0.2) is 0 Å². The van der Waals surface area contributed by atoms with Crippen molar-refractivity contribution in [2.24, 2.45) is 0 Å². The van der Waals surface area contributed by atoms with Crippen LogP contribution in [0.5, 0.6) is 5.75 Å². The number of rotatable bonds is 2. The highest BCUT2D eigenvalue weighted by atomic mass is 16.3. The summed E-state index contributed by atoms with van der Waals surface area (Å²) in [5.41, 5.74) is 1.53. The van der Waals surface area contributed by atoms with Gasteiger partial charge in [0.1, 0.15) is 5.75 Å². The van der Waals surface area contributed by atoms with Crippen LogP contribution in [0.2, 0.25) is 0 Å². The predicted octanol–water partition coefficient (Wildman–Crippen LogP) is 2.99. The van der Waals surface area contributed by atoms with E-state index in [0.29, 0.717) is 5.56 Å². The maximum absolute atomic E-state index is 11.9. The lowest BCUT2D eigenvalue weighted by molar-refractivity contribution is 0.0943. The number of hydrogen-bond donors (Lipinski definition) is 2. The van der Waals surface area contributed by atoms with Crippen molar-refractivity contribution in [3.63, 3.8) is 0 Å². The van der Waals surface area contributed by atoms with Gasteiger partial charge in [-0.3, -0.25) is 4.79 Å². The van der Waals surface area contributed by atoms with Gasteiger partial charge >= 0.3 is 0 Å². The largest absolute Gasteiger partial charge is 0.507 e. The van der Waals surface area contributed by atoms with E-state index in [0.717, 1.165) is 16.3 Å². The van der Waals surface area contributed by atoms with E-state index in [9.17, 15) is 9.90 Å². The Labute approximate surface area is 106 Å². The summed E-state index contributed by atoms with van der Waals surface area (Å²) in [6.07, 6.45) is 0. The summed E-state index contributed by atoms with van der Waals surface area (Å²) < 4.78 is 0. The summed E-state index contributed by atoms with van der Waals surface area (Å²) in [6, 6.07) is 9.12. The zero-order chi connectivity index (χ0) is 13.3. The van der Waals surface area contributed by atoms with Gasteiger partial charge < -0.3 is 10.4 Å². The summed E-state index contributed by atoms with van der Waals surface area (Å²) in [7, 11) is 0. The molecule has 0 unspecified atom stereocenters.